The fraction of sp³-hybridized carbons (Fsp3) is 0.533. The van der Waals surface area contributed by atoms with E-state index in [9.17, 15) is 4.79 Å². The van der Waals surface area contributed by atoms with Crippen LogP contribution in [0.15, 0.2) is 24.3 Å². The van der Waals surface area contributed by atoms with Crippen molar-refractivity contribution in [3.8, 4) is 0 Å². The van der Waals surface area contributed by atoms with Gasteiger partial charge in [0.05, 0.1) is 5.92 Å². The Balaban J connectivity index is 1.61. The van der Waals surface area contributed by atoms with Crippen molar-refractivity contribution in [3.63, 3.8) is 0 Å². The van der Waals surface area contributed by atoms with E-state index in [0.717, 1.165) is 25.8 Å². The van der Waals surface area contributed by atoms with Crippen LogP contribution in [0.5, 0.6) is 0 Å². The van der Waals surface area contributed by atoms with Crippen molar-refractivity contribution in [2.45, 2.75) is 38.3 Å². The first kappa shape index (κ1) is 11.7. The summed E-state index contributed by atoms with van der Waals surface area (Å²) in [7, 11) is 0. The number of nitrogens with one attached hydrogen (secondary N) is 2. The van der Waals surface area contributed by atoms with E-state index < -0.39 is 0 Å². The average molecular weight is 244 g/mol. The van der Waals surface area contributed by atoms with Crippen LogP contribution in [-0.2, 0) is 17.6 Å². The Kier molecular flexibility index (Phi) is 3.08. The minimum absolute atomic E-state index is 0.147. The third-order valence-electron chi connectivity index (χ3n) is 4.26. The number of fused-ring (bicyclic) bond motifs is 1. The zero-order valence-electron chi connectivity index (χ0n) is 10.8. The first-order valence-corrected chi connectivity index (χ1v) is 6.84. The molecule has 2 N–H and O–H groups in total. The summed E-state index contributed by atoms with van der Waals surface area (Å²) in [6.07, 6.45) is 2.93. The maximum atomic E-state index is 12.2. The molecule has 0 saturated carbocycles. The molecule has 0 radical (unpaired) electrons. The summed E-state index contributed by atoms with van der Waals surface area (Å²) < 4.78 is 0. The van der Waals surface area contributed by atoms with Crippen molar-refractivity contribution in [1.29, 1.82) is 0 Å². The van der Waals surface area contributed by atoms with E-state index in [1.165, 1.54) is 11.1 Å². The van der Waals surface area contributed by atoms with E-state index in [2.05, 4.69) is 41.8 Å². The van der Waals surface area contributed by atoms with E-state index in [-0.39, 0.29) is 11.8 Å². The van der Waals surface area contributed by atoms with E-state index >= 15 is 0 Å². The van der Waals surface area contributed by atoms with Crippen LogP contribution in [0, 0.1) is 5.92 Å². The highest BCUT2D eigenvalue weighted by atomic mass is 16.2. The van der Waals surface area contributed by atoms with Gasteiger partial charge in [0.15, 0.2) is 0 Å². The predicted molar refractivity (Wildman–Crippen MR) is 71.4 cm³/mol. The molecule has 1 aromatic rings. The molecule has 1 amide bonds. The van der Waals surface area contributed by atoms with Gasteiger partial charge >= 0.3 is 0 Å². The predicted octanol–water partition coefficient (Wildman–Crippen LogP) is 1.27. The van der Waals surface area contributed by atoms with Gasteiger partial charge in [-0.2, -0.15) is 0 Å². The normalized spacial score (nSPS) is 27.2. The molecule has 3 heteroatoms. The first-order valence-electron chi connectivity index (χ1n) is 6.84. The number of hydrogen-bond donors (Lipinski definition) is 2. The van der Waals surface area contributed by atoms with Crippen LogP contribution in [0.25, 0.3) is 0 Å². The van der Waals surface area contributed by atoms with Crippen molar-refractivity contribution < 1.29 is 4.79 Å². The van der Waals surface area contributed by atoms with Gasteiger partial charge in [-0.3, -0.25) is 4.79 Å². The third-order valence-corrected chi connectivity index (χ3v) is 4.26. The molecule has 0 spiro atoms. The zero-order valence-corrected chi connectivity index (χ0v) is 10.8. The van der Waals surface area contributed by atoms with Gasteiger partial charge in [-0.1, -0.05) is 24.3 Å². The molecule has 1 aliphatic heterocycles. The largest absolute Gasteiger partial charge is 0.352 e. The third kappa shape index (κ3) is 2.15. The molecule has 96 valence electrons. The summed E-state index contributed by atoms with van der Waals surface area (Å²) in [6, 6.07) is 9.09. The van der Waals surface area contributed by atoms with Crippen LogP contribution < -0.4 is 10.6 Å². The Morgan fingerprint density at radius 1 is 1.28 bits per heavy atom. The molecule has 0 aromatic heterocycles. The second-order valence-corrected chi connectivity index (χ2v) is 5.52. The maximum absolute atomic E-state index is 12.2. The molecule has 0 bridgehead atoms. The van der Waals surface area contributed by atoms with Gasteiger partial charge in [0.25, 0.3) is 0 Å². The van der Waals surface area contributed by atoms with Crippen molar-refractivity contribution >= 4 is 5.91 Å². The lowest BCUT2D eigenvalue weighted by molar-refractivity contribution is -0.125. The smallest absolute Gasteiger partial charge is 0.224 e. The molecular weight excluding hydrogens is 224 g/mol. The fourth-order valence-corrected chi connectivity index (χ4v) is 3.19. The lowest BCUT2D eigenvalue weighted by Gasteiger charge is -2.18. The fourth-order valence-electron chi connectivity index (χ4n) is 3.19. The summed E-state index contributed by atoms with van der Waals surface area (Å²) in [6.45, 7) is 3.06. The molecular formula is C15H20N2O. The molecule has 2 aliphatic rings. The molecule has 18 heavy (non-hydrogen) atoms. The van der Waals surface area contributed by atoms with E-state index in [1.807, 2.05) is 0 Å². The highest BCUT2D eigenvalue weighted by Gasteiger charge is 2.31. The number of rotatable bonds is 2. The Bertz CT molecular complexity index is 433. The Labute approximate surface area is 108 Å². The summed E-state index contributed by atoms with van der Waals surface area (Å²) in [5, 5.41) is 6.55. The molecule has 1 aromatic carbocycles. The van der Waals surface area contributed by atoms with Crippen molar-refractivity contribution in [2.75, 3.05) is 6.54 Å². The van der Waals surface area contributed by atoms with E-state index in [0.29, 0.717) is 12.1 Å². The van der Waals surface area contributed by atoms with Crippen LogP contribution in [0.2, 0.25) is 0 Å². The van der Waals surface area contributed by atoms with Crippen molar-refractivity contribution in [1.82, 2.24) is 10.6 Å². The SMILES string of the molecule is CC1NCCC1C(=O)NC1Cc2ccccc2C1. The summed E-state index contributed by atoms with van der Waals surface area (Å²) in [5.74, 6) is 0.374. The van der Waals surface area contributed by atoms with E-state index in [4.69, 9.17) is 0 Å². The molecule has 3 nitrogen and oxygen atoms in total. The minimum atomic E-state index is 0.147. The van der Waals surface area contributed by atoms with Gasteiger partial charge < -0.3 is 10.6 Å². The Morgan fingerprint density at radius 2 is 1.94 bits per heavy atom. The standard InChI is InChI=1S/C15H20N2O/c1-10-14(6-7-16-10)15(18)17-13-8-11-4-2-3-5-12(11)9-13/h2-5,10,13-14,16H,6-9H2,1H3,(H,17,18). The summed E-state index contributed by atoms with van der Waals surface area (Å²) in [5.41, 5.74) is 2.78. The zero-order chi connectivity index (χ0) is 12.5. The van der Waals surface area contributed by atoms with Crippen molar-refractivity contribution in [3.05, 3.63) is 35.4 Å². The number of amides is 1. The average Bonchev–Trinajstić information content (AvgIpc) is 2.94. The van der Waals surface area contributed by atoms with Gasteiger partial charge in [-0.15, -0.1) is 0 Å². The molecule has 3 rings (SSSR count). The maximum Gasteiger partial charge on any atom is 0.224 e. The van der Waals surface area contributed by atoms with Crippen LogP contribution >= 0.6 is 0 Å². The number of carbonyl (C=O) groups is 1. The molecule has 2 atom stereocenters. The van der Waals surface area contributed by atoms with Crippen LogP contribution in [0.3, 0.4) is 0 Å². The van der Waals surface area contributed by atoms with Crippen molar-refractivity contribution in [2.24, 2.45) is 5.92 Å². The molecule has 1 heterocycles. The highest BCUT2D eigenvalue weighted by molar-refractivity contribution is 5.80. The molecule has 1 fully saturated rings. The Morgan fingerprint density at radius 3 is 2.50 bits per heavy atom. The van der Waals surface area contributed by atoms with Gasteiger partial charge in [0.2, 0.25) is 5.91 Å². The van der Waals surface area contributed by atoms with Crippen LogP contribution in [-0.4, -0.2) is 24.5 Å². The van der Waals surface area contributed by atoms with Crippen LogP contribution in [0.4, 0.5) is 0 Å². The minimum Gasteiger partial charge on any atom is -0.352 e. The lowest BCUT2D eigenvalue weighted by Crippen LogP contribution is -2.42. The van der Waals surface area contributed by atoms with Gasteiger partial charge in [0, 0.05) is 12.1 Å². The Hall–Kier alpha value is -1.35. The van der Waals surface area contributed by atoms with Gasteiger partial charge in [-0.25, -0.2) is 0 Å². The topological polar surface area (TPSA) is 41.1 Å². The van der Waals surface area contributed by atoms with E-state index in [1.54, 1.807) is 0 Å². The lowest BCUT2D eigenvalue weighted by atomic mass is 10.0. The number of benzene rings is 1. The monoisotopic (exact) mass is 244 g/mol. The summed E-state index contributed by atoms with van der Waals surface area (Å²) in [4.78, 5) is 12.2. The molecule has 1 saturated heterocycles. The second-order valence-electron chi connectivity index (χ2n) is 5.52. The highest BCUT2D eigenvalue weighted by Crippen LogP contribution is 2.23. The second kappa shape index (κ2) is 4.73. The van der Waals surface area contributed by atoms with Gasteiger partial charge in [0.1, 0.15) is 0 Å². The summed E-state index contributed by atoms with van der Waals surface area (Å²) >= 11 is 0. The molecule has 1 aliphatic carbocycles. The van der Waals surface area contributed by atoms with Gasteiger partial charge in [-0.05, 0) is 43.9 Å². The number of hydrogen-bond acceptors (Lipinski definition) is 2. The number of carbonyl (C=O) groups excluding carboxylic acids is 1. The molecule has 2 unspecified atom stereocenters. The first-order chi connectivity index (χ1) is 8.74. The van der Waals surface area contributed by atoms with Crippen LogP contribution in [0.1, 0.15) is 24.5 Å². The quantitative estimate of drug-likeness (QED) is 0.822.